The van der Waals surface area contributed by atoms with Crippen LogP contribution in [0.25, 0.3) is 0 Å². The van der Waals surface area contributed by atoms with Gasteiger partial charge in [-0.05, 0) is 35.9 Å². The van der Waals surface area contributed by atoms with Gasteiger partial charge in [0.1, 0.15) is 5.76 Å². The second-order valence-electron chi connectivity index (χ2n) is 3.22. The molecule has 1 aliphatic carbocycles. The molecule has 0 amide bonds. The van der Waals surface area contributed by atoms with Gasteiger partial charge in [-0.3, -0.25) is 0 Å². The van der Waals surface area contributed by atoms with Crippen LogP contribution in [-0.2, 0) is 0 Å². The zero-order valence-electron chi connectivity index (χ0n) is 6.50. The third kappa shape index (κ3) is 1.35. The van der Waals surface area contributed by atoms with E-state index in [-0.39, 0.29) is 5.76 Å². The van der Waals surface area contributed by atoms with Gasteiger partial charge in [-0.15, -0.1) is 0 Å². The Labute approximate surface area is 74.4 Å². The topological polar surface area (TPSA) is 40.5 Å². The molecular formula is C8H11BrO2. The Morgan fingerprint density at radius 1 is 1.55 bits per heavy atom. The first kappa shape index (κ1) is 8.81. The van der Waals surface area contributed by atoms with Gasteiger partial charge in [-0.1, -0.05) is 6.08 Å². The lowest BCUT2D eigenvalue weighted by molar-refractivity contribution is 0.0796. The lowest BCUT2D eigenvalue weighted by Crippen LogP contribution is -2.32. The van der Waals surface area contributed by atoms with Crippen LogP contribution in [0.2, 0.25) is 0 Å². The highest BCUT2D eigenvalue weighted by atomic mass is 79.9. The zero-order valence-corrected chi connectivity index (χ0v) is 8.09. The molecule has 1 aliphatic rings. The molecule has 0 aliphatic heterocycles. The first-order chi connectivity index (χ1) is 4.96. The summed E-state index contributed by atoms with van der Waals surface area (Å²) in [4.78, 5) is 0. The van der Waals surface area contributed by atoms with Crippen molar-refractivity contribution in [3.8, 4) is 0 Å². The third-order valence-electron chi connectivity index (χ3n) is 2.00. The second kappa shape index (κ2) is 2.64. The van der Waals surface area contributed by atoms with Gasteiger partial charge in [-0.2, -0.15) is 0 Å². The lowest BCUT2D eigenvalue weighted by Gasteiger charge is -2.31. The number of aliphatic hydroxyl groups excluding tert-OH is 2. The van der Waals surface area contributed by atoms with Crippen molar-refractivity contribution in [3.63, 3.8) is 0 Å². The number of hydrogen-bond acceptors (Lipinski definition) is 2. The van der Waals surface area contributed by atoms with Gasteiger partial charge in [0, 0.05) is 0 Å². The summed E-state index contributed by atoms with van der Waals surface area (Å²) in [6, 6.07) is 0. The summed E-state index contributed by atoms with van der Waals surface area (Å²) >= 11 is 3.19. The molecule has 11 heavy (non-hydrogen) atoms. The van der Waals surface area contributed by atoms with E-state index in [4.69, 9.17) is 0 Å². The largest absolute Gasteiger partial charge is 0.510 e. The van der Waals surface area contributed by atoms with E-state index in [0.29, 0.717) is 4.48 Å². The standard InChI is InChI=1S/C8H11BrO2/c1-8(2)6(10)4-3-5(9)7(8)11/h3-4,6,10-11H,1-2H3. The van der Waals surface area contributed by atoms with Crippen molar-refractivity contribution < 1.29 is 10.2 Å². The fraction of sp³-hybridized carbons (Fsp3) is 0.500. The number of aliphatic hydroxyl groups is 2. The van der Waals surface area contributed by atoms with Crippen LogP contribution in [-0.4, -0.2) is 16.3 Å². The number of hydrogen-bond donors (Lipinski definition) is 2. The Hall–Kier alpha value is -0.280. The summed E-state index contributed by atoms with van der Waals surface area (Å²) in [6.07, 6.45) is 2.71. The predicted molar refractivity (Wildman–Crippen MR) is 47.5 cm³/mol. The number of allylic oxidation sites excluding steroid dienone is 2. The van der Waals surface area contributed by atoms with E-state index < -0.39 is 11.5 Å². The van der Waals surface area contributed by atoms with Crippen LogP contribution in [0, 0.1) is 5.41 Å². The van der Waals surface area contributed by atoms with Crippen LogP contribution in [0.1, 0.15) is 13.8 Å². The molecule has 62 valence electrons. The molecule has 1 atom stereocenters. The van der Waals surface area contributed by atoms with Crippen molar-refractivity contribution in [1.29, 1.82) is 0 Å². The van der Waals surface area contributed by atoms with E-state index in [0.717, 1.165) is 0 Å². The van der Waals surface area contributed by atoms with Crippen LogP contribution in [0.4, 0.5) is 0 Å². The maximum absolute atomic E-state index is 9.50. The third-order valence-corrected chi connectivity index (χ3v) is 2.64. The first-order valence-electron chi connectivity index (χ1n) is 3.41. The van der Waals surface area contributed by atoms with Crippen molar-refractivity contribution in [2.24, 2.45) is 5.41 Å². The van der Waals surface area contributed by atoms with Gasteiger partial charge in [-0.25, -0.2) is 0 Å². The summed E-state index contributed by atoms with van der Waals surface area (Å²) in [5.41, 5.74) is -0.576. The average molecular weight is 219 g/mol. The molecule has 0 fully saturated rings. The van der Waals surface area contributed by atoms with Gasteiger partial charge in [0.2, 0.25) is 0 Å². The SMILES string of the molecule is CC1(C)C(O)=C(Br)C=CC1O. The van der Waals surface area contributed by atoms with Crippen LogP contribution in [0.5, 0.6) is 0 Å². The number of rotatable bonds is 0. The van der Waals surface area contributed by atoms with Crippen molar-refractivity contribution in [3.05, 3.63) is 22.4 Å². The smallest absolute Gasteiger partial charge is 0.115 e. The molecule has 0 heterocycles. The quantitative estimate of drug-likeness (QED) is 0.654. The minimum atomic E-state index is -0.608. The Bertz CT molecular complexity index is 228. The Morgan fingerprint density at radius 3 is 2.55 bits per heavy atom. The Kier molecular flexibility index (Phi) is 2.12. The van der Waals surface area contributed by atoms with Gasteiger partial charge in [0.15, 0.2) is 0 Å². The molecule has 0 bridgehead atoms. The maximum atomic E-state index is 9.50. The monoisotopic (exact) mass is 218 g/mol. The van der Waals surface area contributed by atoms with Crippen LogP contribution in [0.3, 0.4) is 0 Å². The maximum Gasteiger partial charge on any atom is 0.115 e. The highest BCUT2D eigenvalue weighted by molar-refractivity contribution is 9.11. The van der Waals surface area contributed by atoms with Crippen LogP contribution >= 0.6 is 15.9 Å². The average Bonchev–Trinajstić information content (AvgIpc) is 1.95. The fourth-order valence-electron chi connectivity index (χ4n) is 0.943. The van der Waals surface area contributed by atoms with E-state index in [1.54, 1.807) is 26.0 Å². The number of halogens is 1. The highest BCUT2D eigenvalue weighted by Gasteiger charge is 2.34. The molecule has 2 nitrogen and oxygen atoms in total. The molecule has 0 saturated heterocycles. The summed E-state index contributed by atoms with van der Waals surface area (Å²) in [7, 11) is 0. The van der Waals surface area contributed by atoms with E-state index >= 15 is 0 Å². The second-order valence-corrected chi connectivity index (χ2v) is 4.08. The summed E-state index contributed by atoms with van der Waals surface area (Å²) in [5.74, 6) is 0.201. The van der Waals surface area contributed by atoms with Gasteiger partial charge >= 0.3 is 0 Å². The van der Waals surface area contributed by atoms with E-state index in [9.17, 15) is 10.2 Å². The predicted octanol–water partition coefficient (Wildman–Crippen LogP) is 2.11. The van der Waals surface area contributed by atoms with E-state index in [2.05, 4.69) is 15.9 Å². The molecule has 1 rings (SSSR count). The molecule has 0 saturated carbocycles. The highest BCUT2D eigenvalue weighted by Crippen LogP contribution is 2.36. The van der Waals surface area contributed by atoms with Crippen molar-refractivity contribution in [1.82, 2.24) is 0 Å². The van der Waals surface area contributed by atoms with E-state index in [1.807, 2.05) is 0 Å². The summed E-state index contributed by atoms with van der Waals surface area (Å²) in [6.45, 7) is 3.58. The van der Waals surface area contributed by atoms with Crippen molar-refractivity contribution >= 4 is 15.9 Å². The molecule has 0 aromatic rings. The fourth-order valence-corrected chi connectivity index (χ4v) is 1.61. The molecule has 0 aromatic heterocycles. The minimum Gasteiger partial charge on any atom is -0.510 e. The summed E-state index contributed by atoms with van der Waals surface area (Å²) in [5, 5.41) is 18.9. The Balaban J connectivity index is 3.07. The summed E-state index contributed by atoms with van der Waals surface area (Å²) < 4.78 is 0.646. The van der Waals surface area contributed by atoms with Gasteiger partial charge in [0.25, 0.3) is 0 Å². The van der Waals surface area contributed by atoms with Gasteiger partial charge in [0.05, 0.1) is 16.0 Å². The molecule has 3 heteroatoms. The van der Waals surface area contributed by atoms with Crippen molar-refractivity contribution in [2.45, 2.75) is 20.0 Å². The molecular weight excluding hydrogens is 208 g/mol. The molecule has 0 aromatic carbocycles. The minimum absolute atomic E-state index is 0.201. The normalized spacial score (nSPS) is 29.3. The van der Waals surface area contributed by atoms with Crippen LogP contribution < -0.4 is 0 Å². The molecule has 1 unspecified atom stereocenters. The van der Waals surface area contributed by atoms with Gasteiger partial charge < -0.3 is 10.2 Å². The van der Waals surface area contributed by atoms with Crippen molar-refractivity contribution in [2.75, 3.05) is 0 Å². The molecule has 0 radical (unpaired) electrons. The lowest BCUT2D eigenvalue weighted by atomic mass is 9.81. The zero-order chi connectivity index (χ0) is 8.65. The van der Waals surface area contributed by atoms with Crippen LogP contribution in [0.15, 0.2) is 22.4 Å². The Morgan fingerprint density at radius 2 is 2.09 bits per heavy atom. The molecule has 2 N–H and O–H groups in total. The first-order valence-corrected chi connectivity index (χ1v) is 4.21. The van der Waals surface area contributed by atoms with E-state index in [1.165, 1.54) is 0 Å². The molecule has 0 spiro atoms.